The summed E-state index contributed by atoms with van der Waals surface area (Å²) in [5.41, 5.74) is 3.21. The Bertz CT molecular complexity index is 660. The molecular formula is C16H17BrFN3. The number of hydrogen-bond acceptors (Lipinski definition) is 3. The largest absolute Gasteiger partial charge is 0.319 e. The van der Waals surface area contributed by atoms with Crippen LogP contribution in [0, 0.1) is 11.7 Å². The average Bonchev–Trinajstić information content (AvgIpc) is 2.50. The zero-order valence-corrected chi connectivity index (χ0v) is 13.5. The third-order valence-corrected chi connectivity index (χ3v) is 4.53. The minimum Gasteiger partial charge on any atom is -0.319 e. The molecule has 0 saturated carbocycles. The van der Waals surface area contributed by atoms with E-state index in [2.05, 4.69) is 31.2 Å². The van der Waals surface area contributed by atoms with E-state index in [1.807, 2.05) is 13.2 Å². The van der Waals surface area contributed by atoms with Crippen molar-refractivity contribution in [1.82, 2.24) is 15.3 Å². The van der Waals surface area contributed by atoms with Gasteiger partial charge < -0.3 is 5.32 Å². The first-order valence-corrected chi connectivity index (χ1v) is 7.91. The maximum atomic E-state index is 13.3. The number of benzene rings is 1. The molecule has 0 radical (unpaired) electrons. The first-order valence-electron chi connectivity index (χ1n) is 7.12. The lowest BCUT2D eigenvalue weighted by Crippen LogP contribution is -2.25. The summed E-state index contributed by atoms with van der Waals surface area (Å²) in [5.74, 6) is 1.06. The van der Waals surface area contributed by atoms with Crippen molar-refractivity contribution in [2.45, 2.75) is 19.3 Å². The van der Waals surface area contributed by atoms with Gasteiger partial charge in [0, 0.05) is 17.5 Å². The van der Waals surface area contributed by atoms with Crippen LogP contribution in [0.5, 0.6) is 0 Å². The molecule has 1 heterocycles. The molecule has 21 heavy (non-hydrogen) atoms. The molecule has 0 fully saturated rings. The molecule has 2 aromatic rings. The summed E-state index contributed by atoms with van der Waals surface area (Å²) in [6, 6.07) is 4.88. The Kier molecular flexibility index (Phi) is 4.31. The van der Waals surface area contributed by atoms with Crippen molar-refractivity contribution < 1.29 is 4.39 Å². The number of nitrogens with one attached hydrogen (secondary N) is 1. The van der Waals surface area contributed by atoms with Crippen LogP contribution in [0.1, 0.15) is 17.7 Å². The zero-order valence-electron chi connectivity index (χ0n) is 11.9. The Hall–Kier alpha value is -1.33. The topological polar surface area (TPSA) is 37.8 Å². The molecule has 0 aliphatic heterocycles. The fourth-order valence-corrected chi connectivity index (χ4v) is 3.20. The second-order valence-electron chi connectivity index (χ2n) is 5.46. The lowest BCUT2D eigenvalue weighted by atomic mass is 9.87. The Labute approximate surface area is 132 Å². The SMILES string of the molecule is CNCC1CCc2nc(-c3ccc(F)c(Br)c3)ncc2C1. The lowest BCUT2D eigenvalue weighted by Gasteiger charge is -2.23. The van der Waals surface area contributed by atoms with Crippen molar-refractivity contribution in [3.05, 3.63) is 45.9 Å². The van der Waals surface area contributed by atoms with E-state index in [9.17, 15) is 4.39 Å². The highest BCUT2D eigenvalue weighted by atomic mass is 79.9. The standard InChI is InChI=1S/C16H17BrFN3/c1-19-8-10-2-5-15-12(6-10)9-20-16(21-15)11-3-4-14(18)13(17)7-11/h3-4,7,9-10,19H,2,5-6,8H2,1H3. The predicted molar refractivity (Wildman–Crippen MR) is 84.6 cm³/mol. The van der Waals surface area contributed by atoms with Gasteiger partial charge in [-0.2, -0.15) is 0 Å². The van der Waals surface area contributed by atoms with Crippen molar-refractivity contribution in [1.29, 1.82) is 0 Å². The van der Waals surface area contributed by atoms with Gasteiger partial charge in [0.15, 0.2) is 5.82 Å². The van der Waals surface area contributed by atoms with E-state index < -0.39 is 0 Å². The van der Waals surface area contributed by atoms with Crippen molar-refractivity contribution in [3.8, 4) is 11.4 Å². The van der Waals surface area contributed by atoms with Gasteiger partial charge in [-0.3, -0.25) is 0 Å². The molecule has 0 saturated heterocycles. The molecule has 1 aliphatic rings. The van der Waals surface area contributed by atoms with Gasteiger partial charge in [-0.1, -0.05) is 0 Å². The van der Waals surface area contributed by atoms with E-state index in [-0.39, 0.29) is 5.82 Å². The van der Waals surface area contributed by atoms with Gasteiger partial charge in [-0.05, 0) is 78.5 Å². The maximum Gasteiger partial charge on any atom is 0.159 e. The summed E-state index contributed by atoms with van der Waals surface area (Å²) >= 11 is 3.21. The monoisotopic (exact) mass is 349 g/mol. The van der Waals surface area contributed by atoms with Crippen LogP contribution in [0.25, 0.3) is 11.4 Å². The molecule has 1 unspecified atom stereocenters. The summed E-state index contributed by atoms with van der Waals surface area (Å²) in [6.45, 7) is 1.03. The molecule has 0 bridgehead atoms. The number of hydrogen-bond donors (Lipinski definition) is 1. The van der Waals surface area contributed by atoms with E-state index in [0.29, 0.717) is 16.2 Å². The van der Waals surface area contributed by atoms with Crippen molar-refractivity contribution in [3.63, 3.8) is 0 Å². The van der Waals surface area contributed by atoms with Crippen LogP contribution in [0.3, 0.4) is 0 Å². The van der Waals surface area contributed by atoms with Crippen LogP contribution in [0.2, 0.25) is 0 Å². The highest BCUT2D eigenvalue weighted by Gasteiger charge is 2.20. The Morgan fingerprint density at radius 2 is 2.29 bits per heavy atom. The first kappa shape index (κ1) is 14.6. The van der Waals surface area contributed by atoms with Gasteiger partial charge >= 0.3 is 0 Å². The van der Waals surface area contributed by atoms with Crippen LogP contribution in [0.15, 0.2) is 28.9 Å². The molecule has 0 spiro atoms. The number of nitrogens with zero attached hydrogens (tertiary/aromatic N) is 2. The normalized spacial score (nSPS) is 17.6. The fourth-order valence-electron chi connectivity index (χ4n) is 2.82. The molecule has 1 aliphatic carbocycles. The van der Waals surface area contributed by atoms with Crippen LogP contribution in [0.4, 0.5) is 4.39 Å². The van der Waals surface area contributed by atoms with Gasteiger partial charge in [0.05, 0.1) is 4.47 Å². The highest BCUT2D eigenvalue weighted by molar-refractivity contribution is 9.10. The summed E-state index contributed by atoms with van der Waals surface area (Å²) in [4.78, 5) is 9.13. The van der Waals surface area contributed by atoms with Gasteiger partial charge in [-0.25, -0.2) is 14.4 Å². The lowest BCUT2D eigenvalue weighted by molar-refractivity contribution is 0.434. The predicted octanol–water partition coefficient (Wildman–Crippen LogP) is 3.37. The van der Waals surface area contributed by atoms with Crippen LogP contribution < -0.4 is 5.32 Å². The van der Waals surface area contributed by atoms with Crippen molar-refractivity contribution in [2.24, 2.45) is 5.92 Å². The Morgan fingerprint density at radius 1 is 1.43 bits per heavy atom. The number of aromatic nitrogens is 2. The summed E-state index contributed by atoms with van der Waals surface area (Å²) in [6.07, 6.45) is 5.09. The number of halogens is 2. The molecule has 1 N–H and O–H groups in total. The average molecular weight is 350 g/mol. The summed E-state index contributed by atoms with van der Waals surface area (Å²) < 4.78 is 13.7. The van der Waals surface area contributed by atoms with Gasteiger partial charge in [0.25, 0.3) is 0 Å². The van der Waals surface area contributed by atoms with Crippen LogP contribution >= 0.6 is 15.9 Å². The third-order valence-electron chi connectivity index (χ3n) is 3.92. The van der Waals surface area contributed by atoms with E-state index >= 15 is 0 Å². The molecule has 1 atom stereocenters. The van der Waals surface area contributed by atoms with Gasteiger partial charge in [0.2, 0.25) is 0 Å². The highest BCUT2D eigenvalue weighted by Crippen LogP contribution is 2.27. The van der Waals surface area contributed by atoms with Gasteiger partial charge in [-0.15, -0.1) is 0 Å². The first-order chi connectivity index (χ1) is 10.2. The Morgan fingerprint density at radius 3 is 3.05 bits per heavy atom. The number of rotatable bonds is 3. The minimum atomic E-state index is -0.272. The number of aryl methyl sites for hydroxylation is 1. The van der Waals surface area contributed by atoms with Crippen molar-refractivity contribution in [2.75, 3.05) is 13.6 Å². The van der Waals surface area contributed by atoms with Crippen LogP contribution in [-0.2, 0) is 12.8 Å². The van der Waals surface area contributed by atoms with E-state index in [1.54, 1.807) is 12.1 Å². The molecule has 110 valence electrons. The van der Waals surface area contributed by atoms with Crippen LogP contribution in [-0.4, -0.2) is 23.6 Å². The maximum absolute atomic E-state index is 13.3. The minimum absolute atomic E-state index is 0.272. The smallest absolute Gasteiger partial charge is 0.159 e. The molecule has 0 amide bonds. The van der Waals surface area contributed by atoms with Crippen molar-refractivity contribution >= 4 is 15.9 Å². The van der Waals surface area contributed by atoms with E-state index in [4.69, 9.17) is 0 Å². The summed E-state index contributed by atoms with van der Waals surface area (Å²) in [5, 5.41) is 3.24. The fraction of sp³-hybridized carbons (Fsp3) is 0.375. The number of fused-ring (bicyclic) bond motifs is 1. The summed E-state index contributed by atoms with van der Waals surface area (Å²) in [7, 11) is 1.99. The molecule has 1 aromatic carbocycles. The zero-order chi connectivity index (χ0) is 14.8. The second-order valence-corrected chi connectivity index (χ2v) is 6.32. The van der Waals surface area contributed by atoms with E-state index in [0.717, 1.165) is 37.1 Å². The molecule has 3 rings (SSSR count). The molecule has 1 aromatic heterocycles. The molecular weight excluding hydrogens is 333 g/mol. The quantitative estimate of drug-likeness (QED) is 0.922. The van der Waals surface area contributed by atoms with Gasteiger partial charge in [0.1, 0.15) is 5.82 Å². The molecule has 3 nitrogen and oxygen atoms in total. The second kappa shape index (κ2) is 6.20. The molecule has 5 heteroatoms. The Balaban J connectivity index is 1.88. The van der Waals surface area contributed by atoms with E-state index in [1.165, 1.54) is 11.6 Å². The third kappa shape index (κ3) is 3.14.